The number of fused-ring (bicyclic) bond motifs is 3. The van der Waals surface area contributed by atoms with Crippen LogP contribution in [0.4, 0.5) is 0 Å². The van der Waals surface area contributed by atoms with Gasteiger partial charge in [-0.1, -0.05) is 146 Å². The van der Waals surface area contributed by atoms with Crippen molar-refractivity contribution < 1.29 is 4.42 Å². The molecule has 238 valence electrons. The summed E-state index contributed by atoms with van der Waals surface area (Å²) in [6.45, 7) is 6.47. The molecule has 0 atom stereocenters. The molecule has 1 heterocycles. The molecule has 0 aliphatic carbocycles. The summed E-state index contributed by atoms with van der Waals surface area (Å²) in [5.41, 5.74) is 12.8. The van der Waals surface area contributed by atoms with Crippen molar-refractivity contribution in [2.45, 2.75) is 6.92 Å². The van der Waals surface area contributed by atoms with Gasteiger partial charge in [0.15, 0.2) is 5.84 Å². The van der Waals surface area contributed by atoms with Gasteiger partial charge < -0.3 is 4.42 Å². The zero-order chi connectivity index (χ0) is 33.9. The van der Waals surface area contributed by atoms with Crippen molar-refractivity contribution in [3.05, 3.63) is 199 Å². The second kappa shape index (κ2) is 13.5. The summed E-state index contributed by atoms with van der Waals surface area (Å²) < 4.78 is 6.57. The molecule has 0 aliphatic heterocycles. The number of amidine groups is 1. The topological polar surface area (TPSA) is 37.9 Å². The first-order valence-corrected chi connectivity index (χ1v) is 16.8. The van der Waals surface area contributed by atoms with E-state index >= 15 is 0 Å². The van der Waals surface area contributed by atoms with Crippen LogP contribution < -0.4 is 0 Å². The zero-order valence-corrected chi connectivity index (χ0v) is 27.8. The molecule has 0 fully saturated rings. The number of furan rings is 1. The minimum Gasteiger partial charge on any atom is -0.455 e. The van der Waals surface area contributed by atoms with E-state index in [2.05, 4.69) is 122 Å². The van der Waals surface area contributed by atoms with Crippen LogP contribution >= 0.6 is 0 Å². The molecule has 0 unspecified atom stereocenters. The highest BCUT2D eigenvalue weighted by atomic mass is 16.3. The highest BCUT2D eigenvalue weighted by Crippen LogP contribution is 2.40. The Morgan fingerprint density at radius 2 is 1.04 bits per heavy atom. The summed E-state index contributed by atoms with van der Waals surface area (Å²) in [5.74, 6) is 0.605. The molecule has 0 saturated heterocycles. The molecule has 1 aromatic heterocycles. The molecule has 8 rings (SSSR count). The lowest BCUT2D eigenvalue weighted by Crippen LogP contribution is -2.04. The van der Waals surface area contributed by atoms with E-state index in [1.54, 1.807) is 0 Å². The number of hydrogen-bond acceptors (Lipinski definition) is 2. The van der Waals surface area contributed by atoms with Gasteiger partial charge in [0, 0.05) is 33.2 Å². The molecule has 0 bridgehead atoms. The third kappa shape index (κ3) is 6.21. The minimum absolute atomic E-state index is 0.605. The van der Waals surface area contributed by atoms with Crippen LogP contribution in [-0.2, 0) is 0 Å². The third-order valence-electron chi connectivity index (χ3n) is 9.03. The van der Waals surface area contributed by atoms with Crippen LogP contribution in [0.15, 0.2) is 197 Å². The molecule has 8 aromatic rings. The molecule has 3 heteroatoms. The van der Waals surface area contributed by atoms with Crippen LogP contribution in [0.5, 0.6) is 0 Å². The first-order valence-electron chi connectivity index (χ1n) is 16.8. The molecular formula is C47H34N2O. The SMILES string of the molecule is C=C(N=C(N=C(C)c1cccc(-c2ccccc2)c1)c1ccccc1)c1ccc2oc3c(-c4ccccc4)cc(-c4ccccc4)cc3c2c1. The molecule has 3 nitrogen and oxygen atoms in total. The Hall–Kier alpha value is -6.58. The van der Waals surface area contributed by atoms with Gasteiger partial charge in [0.2, 0.25) is 0 Å². The van der Waals surface area contributed by atoms with E-state index in [9.17, 15) is 0 Å². The second-order valence-electron chi connectivity index (χ2n) is 12.3. The van der Waals surface area contributed by atoms with Crippen LogP contribution in [0.1, 0.15) is 23.6 Å². The van der Waals surface area contributed by atoms with E-state index in [0.29, 0.717) is 11.5 Å². The van der Waals surface area contributed by atoms with E-state index in [-0.39, 0.29) is 0 Å². The highest BCUT2D eigenvalue weighted by Gasteiger charge is 2.16. The van der Waals surface area contributed by atoms with Crippen molar-refractivity contribution in [3.63, 3.8) is 0 Å². The number of nitrogens with zero attached hydrogens (tertiary/aromatic N) is 2. The van der Waals surface area contributed by atoms with Gasteiger partial charge in [-0.05, 0) is 76.7 Å². The van der Waals surface area contributed by atoms with Crippen molar-refractivity contribution in [2.75, 3.05) is 0 Å². The summed E-state index contributed by atoms with van der Waals surface area (Å²) in [4.78, 5) is 10.2. The molecular weight excluding hydrogens is 609 g/mol. The molecule has 0 saturated carbocycles. The summed E-state index contributed by atoms with van der Waals surface area (Å²) in [6, 6.07) is 60.5. The Bertz CT molecular complexity index is 2530. The van der Waals surface area contributed by atoms with Gasteiger partial charge in [0.25, 0.3) is 0 Å². The fourth-order valence-electron chi connectivity index (χ4n) is 6.40. The van der Waals surface area contributed by atoms with Crippen LogP contribution in [0.25, 0.3) is 61.0 Å². The summed E-state index contributed by atoms with van der Waals surface area (Å²) in [5, 5.41) is 2.07. The van der Waals surface area contributed by atoms with E-state index in [1.165, 1.54) is 5.56 Å². The number of rotatable bonds is 7. The van der Waals surface area contributed by atoms with E-state index in [0.717, 1.165) is 72.2 Å². The maximum absolute atomic E-state index is 6.57. The quantitative estimate of drug-likeness (QED) is 0.126. The molecule has 0 amide bonds. The molecule has 50 heavy (non-hydrogen) atoms. The lowest BCUT2D eigenvalue weighted by atomic mass is 9.95. The molecule has 7 aromatic carbocycles. The fourth-order valence-corrected chi connectivity index (χ4v) is 6.40. The molecule has 0 spiro atoms. The van der Waals surface area contributed by atoms with Crippen LogP contribution in [0.3, 0.4) is 0 Å². The van der Waals surface area contributed by atoms with Crippen molar-refractivity contribution in [2.24, 2.45) is 9.98 Å². The first kappa shape index (κ1) is 30.7. The van der Waals surface area contributed by atoms with E-state index < -0.39 is 0 Å². The van der Waals surface area contributed by atoms with Gasteiger partial charge in [-0.15, -0.1) is 0 Å². The average Bonchev–Trinajstić information content (AvgIpc) is 3.56. The largest absolute Gasteiger partial charge is 0.455 e. The molecule has 0 radical (unpaired) electrons. The van der Waals surface area contributed by atoms with Gasteiger partial charge >= 0.3 is 0 Å². The lowest BCUT2D eigenvalue weighted by Gasteiger charge is -2.09. The smallest absolute Gasteiger partial charge is 0.160 e. The Morgan fingerprint density at radius 1 is 0.460 bits per heavy atom. The summed E-state index contributed by atoms with van der Waals surface area (Å²) in [7, 11) is 0. The van der Waals surface area contributed by atoms with Crippen molar-refractivity contribution in [1.29, 1.82) is 0 Å². The maximum Gasteiger partial charge on any atom is 0.160 e. The predicted molar refractivity (Wildman–Crippen MR) is 211 cm³/mol. The molecule has 0 aliphatic rings. The Labute approximate surface area is 292 Å². The lowest BCUT2D eigenvalue weighted by molar-refractivity contribution is 0.670. The monoisotopic (exact) mass is 642 g/mol. The summed E-state index contributed by atoms with van der Waals surface area (Å²) in [6.07, 6.45) is 0. The van der Waals surface area contributed by atoms with Crippen molar-refractivity contribution in [1.82, 2.24) is 0 Å². The van der Waals surface area contributed by atoms with Gasteiger partial charge in [0.1, 0.15) is 11.2 Å². The fraction of sp³-hybridized carbons (Fsp3) is 0.0213. The van der Waals surface area contributed by atoms with E-state index in [4.69, 9.17) is 14.4 Å². The predicted octanol–water partition coefficient (Wildman–Crippen LogP) is 12.5. The third-order valence-corrected chi connectivity index (χ3v) is 9.03. The Kier molecular flexibility index (Phi) is 8.30. The zero-order valence-electron chi connectivity index (χ0n) is 27.8. The van der Waals surface area contributed by atoms with Gasteiger partial charge in [-0.2, -0.15) is 0 Å². The second-order valence-corrected chi connectivity index (χ2v) is 12.3. The van der Waals surface area contributed by atoms with Gasteiger partial charge in [0.05, 0.1) is 5.70 Å². The first-order chi connectivity index (χ1) is 24.6. The number of benzene rings is 7. The standard InChI is InChI=1S/C47H34N2O/c1-32(38-24-15-25-40(28-38)34-16-7-3-8-17-34)48-47(37-22-13-6-14-23-37)49-33(2)39-26-27-45-43(29-39)44-31-41(35-18-9-4-10-19-35)30-42(46(44)50-45)36-20-11-5-12-21-36/h3-31H,2H2,1H3. The Balaban J connectivity index is 1.22. The minimum atomic E-state index is 0.605. The number of aliphatic imine (C=N–C) groups is 2. The Morgan fingerprint density at radius 3 is 1.72 bits per heavy atom. The van der Waals surface area contributed by atoms with Crippen LogP contribution in [0, 0.1) is 0 Å². The normalized spacial score (nSPS) is 12.0. The van der Waals surface area contributed by atoms with E-state index in [1.807, 2.05) is 67.6 Å². The number of hydrogen-bond donors (Lipinski definition) is 0. The van der Waals surface area contributed by atoms with Crippen molar-refractivity contribution >= 4 is 39.2 Å². The van der Waals surface area contributed by atoms with Gasteiger partial charge in [-0.3, -0.25) is 0 Å². The maximum atomic E-state index is 6.57. The summed E-state index contributed by atoms with van der Waals surface area (Å²) >= 11 is 0. The van der Waals surface area contributed by atoms with Crippen molar-refractivity contribution in [3.8, 4) is 33.4 Å². The molecule has 0 N–H and O–H groups in total. The van der Waals surface area contributed by atoms with Gasteiger partial charge in [-0.25, -0.2) is 9.98 Å². The average molecular weight is 643 g/mol. The van der Waals surface area contributed by atoms with Crippen LogP contribution in [-0.4, -0.2) is 11.5 Å². The highest BCUT2D eigenvalue weighted by molar-refractivity contribution is 6.14. The van der Waals surface area contributed by atoms with Crippen LogP contribution in [0.2, 0.25) is 0 Å².